The van der Waals surface area contributed by atoms with E-state index in [4.69, 9.17) is 0 Å². The van der Waals surface area contributed by atoms with Crippen LogP contribution in [0.1, 0.15) is 18.7 Å². The minimum atomic E-state index is -3.67. The van der Waals surface area contributed by atoms with Gasteiger partial charge in [-0.2, -0.15) is 9.40 Å². The maximum atomic E-state index is 12.7. The fraction of sp³-hybridized carbons (Fsp3) is 0.400. The number of carbonyl (C=O) groups excluding carboxylic acids is 1. The molecule has 3 rings (SSSR count). The summed E-state index contributed by atoms with van der Waals surface area (Å²) in [6.07, 6.45) is 2.71. The van der Waals surface area contributed by atoms with E-state index in [2.05, 4.69) is 15.4 Å². The van der Waals surface area contributed by atoms with E-state index in [0.717, 1.165) is 0 Å². The molecule has 128 valence electrons. The van der Waals surface area contributed by atoms with Gasteiger partial charge in [0.2, 0.25) is 15.9 Å². The van der Waals surface area contributed by atoms with Crippen molar-refractivity contribution in [3.8, 4) is 0 Å². The molecule has 8 nitrogen and oxygen atoms in total. The van der Waals surface area contributed by atoms with Gasteiger partial charge in [0.15, 0.2) is 5.82 Å². The number of aromatic nitrogens is 3. The van der Waals surface area contributed by atoms with Gasteiger partial charge in [0, 0.05) is 13.6 Å². The van der Waals surface area contributed by atoms with Gasteiger partial charge in [0.1, 0.15) is 12.4 Å². The number of hydrogen-bond donors (Lipinski definition) is 1. The van der Waals surface area contributed by atoms with Crippen LogP contribution in [0.5, 0.6) is 0 Å². The monoisotopic (exact) mass is 349 g/mol. The van der Waals surface area contributed by atoms with E-state index in [0.29, 0.717) is 25.2 Å². The van der Waals surface area contributed by atoms with Crippen molar-refractivity contribution in [3.05, 3.63) is 42.5 Å². The quantitative estimate of drug-likeness (QED) is 0.836. The first-order valence-electron chi connectivity index (χ1n) is 7.67. The predicted octanol–water partition coefficient (Wildman–Crippen LogP) is 0.285. The summed E-state index contributed by atoms with van der Waals surface area (Å²) >= 11 is 0. The lowest BCUT2D eigenvalue weighted by molar-refractivity contribution is -0.124. The molecular formula is C15H19N5O3S. The Balaban J connectivity index is 1.72. The van der Waals surface area contributed by atoms with Crippen LogP contribution in [0.2, 0.25) is 0 Å². The van der Waals surface area contributed by atoms with Gasteiger partial charge >= 0.3 is 0 Å². The van der Waals surface area contributed by atoms with Gasteiger partial charge in [0.05, 0.1) is 11.4 Å². The van der Waals surface area contributed by atoms with Crippen LogP contribution < -0.4 is 5.32 Å². The Morgan fingerprint density at radius 2 is 2.08 bits per heavy atom. The minimum absolute atomic E-state index is 0.176. The van der Waals surface area contributed by atoms with Crippen LogP contribution in [0.3, 0.4) is 0 Å². The Hall–Kier alpha value is -2.26. The maximum Gasteiger partial charge on any atom is 0.243 e. The van der Waals surface area contributed by atoms with Gasteiger partial charge in [0.25, 0.3) is 0 Å². The van der Waals surface area contributed by atoms with Crippen LogP contribution in [0, 0.1) is 0 Å². The molecule has 0 saturated carbocycles. The van der Waals surface area contributed by atoms with E-state index < -0.39 is 16.1 Å². The third-order valence-corrected chi connectivity index (χ3v) is 5.85. The van der Waals surface area contributed by atoms with Crippen molar-refractivity contribution in [2.75, 3.05) is 6.54 Å². The van der Waals surface area contributed by atoms with Gasteiger partial charge in [-0.1, -0.05) is 18.2 Å². The molecule has 0 spiro atoms. The zero-order chi connectivity index (χ0) is 17.2. The van der Waals surface area contributed by atoms with Crippen molar-refractivity contribution in [1.82, 2.24) is 24.4 Å². The van der Waals surface area contributed by atoms with Crippen molar-refractivity contribution >= 4 is 15.9 Å². The lowest BCUT2D eigenvalue weighted by Crippen LogP contribution is -2.45. The summed E-state index contributed by atoms with van der Waals surface area (Å²) < 4.78 is 28.3. The number of hydrogen-bond acceptors (Lipinski definition) is 5. The standard InChI is InChI=1S/C15H19N5O3S/c1-19-11-17-14(18-19)10-16-15(21)13-8-5-9-20(13)24(22,23)12-6-3-2-4-7-12/h2-4,6-7,11,13H,5,8-10H2,1H3,(H,16,21)/t13-/m1/s1. The number of rotatable bonds is 5. The van der Waals surface area contributed by atoms with E-state index in [1.807, 2.05) is 0 Å². The van der Waals surface area contributed by atoms with E-state index in [1.54, 1.807) is 48.4 Å². The topological polar surface area (TPSA) is 97.2 Å². The second-order valence-electron chi connectivity index (χ2n) is 5.64. The van der Waals surface area contributed by atoms with E-state index in [-0.39, 0.29) is 17.3 Å². The lowest BCUT2D eigenvalue weighted by Gasteiger charge is -2.23. The second-order valence-corrected chi connectivity index (χ2v) is 7.53. The summed E-state index contributed by atoms with van der Waals surface area (Å²) in [6, 6.07) is 7.49. The molecule has 0 bridgehead atoms. The molecule has 9 heteroatoms. The number of nitrogens with zero attached hydrogens (tertiary/aromatic N) is 4. The minimum Gasteiger partial charge on any atom is -0.347 e. The Labute approximate surface area is 140 Å². The number of aryl methyl sites for hydroxylation is 1. The maximum absolute atomic E-state index is 12.7. The van der Waals surface area contributed by atoms with Gasteiger partial charge < -0.3 is 5.32 Å². The largest absolute Gasteiger partial charge is 0.347 e. The number of benzene rings is 1. The fourth-order valence-electron chi connectivity index (χ4n) is 2.77. The summed E-state index contributed by atoms with van der Waals surface area (Å²) in [5.41, 5.74) is 0. The Morgan fingerprint density at radius 3 is 2.75 bits per heavy atom. The van der Waals surface area contributed by atoms with Gasteiger partial charge in [-0.15, -0.1) is 0 Å². The van der Waals surface area contributed by atoms with Gasteiger partial charge in [-0.05, 0) is 25.0 Å². The highest BCUT2D eigenvalue weighted by Crippen LogP contribution is 2.26. The Bertz CT molecular complexity index is 819. The second kappa shape index (κ2) is 6.70. The van der Waals surface area contributed by atoms with Gasteiger partial charge in [-0.3, -0.25) is 9.48 Å². The summed E-state index contributed by atoms with van der Waals surface area (Å²) in [6.45, 7) is 0.520. The number of carbonyl (C=O) groups is 1. The molecule has 1 saturated heterocycles. The number of nitrogens with one attached hydrogen (secondary N) is 1. The molecule has 2 aromatic rings. The van der Waals surface area contributed by atoms with E-state index >= 15 is 0 Å². The van der Waals surface area contributed by atoms with Gasteiger partial charge in [-0.25, -0.2) is 13.4 Å². The van der Waals surface area contributed by atoms with Crippen LogP contribution in [-0.2, 0) is 28.4 Å². The van der Waals surface area contributed by atoms with Crippen LogP contribution in [0.25, 0.3) is 0 Å². The fourth-order valence-corrected chi connectivity index (χ4v) is 4.44. The first kappa shape index (κ1) is 16.6. The molecule has 0 unspecified atom stereocenters. The highest BCUT2D eigenvalue weighted by Gasteiger charge is 2.39. The smallest absolute Gasteiger partial charge is 0.243 e. The van der Waals surface area contributed by atoms with Crippen molar-refractivity contribution in [2.45, 2.75) is 30.3 Å². The molecule has 24 heavy (non-hydrogen) atoms. The Morgan fingerprint density at radius 1 is 1.33 bits per heavy atom. The Kier molecular flexibility index (Phi) is 4.63. The molecule has 0 aliphatic carbocycles. The SMILES string of the molecule is Cn1cnc(CNC(=O)[C@H]2CCCN2S(=O)(=O)c2ccccc2)n1. The summed E-state index contributed by atoms with van der Waals surface area (Å²) in [7, 11) is -1.94. The van der Waals surface area contributed by atoms with Crippen LogP contribution in [-0.4, -0.2) is 46.0 Å². The van der Waals surface area contributed by atoms with E-state index in [1.165, 1.54) is 4.31 Å². The molecule has 0 radical (unpaired) electrons. The highest BCUT2D eigenvalue weighted by molar-refractivity contribution is 7.89. The van der Waals surface area contributed by atoms with Crippen molar-refractivity contribution in [2.24, 2.45) is 7.05 Å². The summed E-state index contributed by atoms with van der Waals surface area (Å²) in [5, 5.41) is 6.81. The lowest BCUT2D eigenvalue weighted by atomic mass is 10.2. The zero-order valence-corrected chi connectivity index (χ0v) is 14.1. The zero-order valence-electron chi connectivity index (χ0n) is 13.3. The predicted molar refractivity (Wildman–Crippen MR) is 86.2 cm³/mol. The molecular weight excluding hydrogens is 330 g/mol. The van der Waals surface area contributed by atoms with Crippen molar-refractivity contribution < 1.29 is 13.2 Å². The highest BCUT2D eigenvalue weighted by atomic mass is 32.2. The molecule has 1 aliphatic rings. The average Bonchev–Trinajstić information content (AvgIpc) is 3.23. The third kappa shape index (κ3) is 3.31. The first-order chi connectivity index (χ1) is 11.5. The molecule has 1 aliphatic heterocycles. The molecule has 2 heterocycles. The molecule has 1 fully saturated rings. The summed E-state index contributed by atoms with van der Waals surface area (Å²) in [5.74, 6) is 0.167. The summed E-state index contributed by atoms with van der Waals surface area (Å²) in [4.78, 5) is 16.7. The molecule has 1 atom stereocenters. The van der Waals surface area contributed by atoms with E-state index in [9.17, 15) is 13.2 Å². The third-order valence-electron chi connectivity index (χ3n) is 3.92. The normalized spacial score (nSPS) is 18.6. The van der Waals surface area contributed by atoms with Crippen LogP contribution >= 0.6 is 0 Å². The molecule has 1 aromatic heterocycles. The van der Waals surface area contributed by atoms with Crippen LogP contribution in [0.4, 0.5) is 0 Å². The molecule has 1 N–H and O–H groups in total. The average molecular weight is 349 g/mol. The number of amides is 1. The van der Waals surface area contributed by atoms with Crippen molar-refractivity contribution in [1.29, 1.82) is 0 Å². The molecule has 1 amide bonds. The van der Waals surface area contributed by atoms with Crippen molar-refractivity contribution in [3.63, 3.8) is 0 Å². The first-order valence-corrected chi connectivity index (χ1v) is 9.11. The number of sulfonamides is 1. The van der Waals surface area contributed by atoms with Crippen LogP contribution in [0.15, 0.2) is 41.6 Å². The molecule has 1 aromatic carbocycles.